The monoisotopic (exact) mass is 279 g/mol. The van der Waals surface area contributed by atoms with Crippen molar-refractivity contribution >= 4 is 5.91 Å². The Kier molecular flexibility index (Phi) is 4.25. The number of hydrogen-bond donors (Lipinski definition) is 2. The average Bonchev–Trinajstić information content (AvgIpc) is 2.37. The molecule has 20 heavy (non-hydrogen) atoms. The van der Waals surface area contributed by atoms with E-state index in [0.717, 1.165) is 13.1 Å². The van der Waals surface area contributed by atoms with Crippen LogP contribution in [0.15, 0.2) is 18.5 Å². The van der Waals surface area contributed by atoms with Crippen molar-refractivity contribution < 1.29 is 15.0 Å². The number of hydrogen-bond acceptors (Lipinski definition) is 5. The fraction of sp³-hybridized carbons (Fsp3) is 0.571. The largest absolute Gasteiger partial charge is 0.505 e. The number of aromatic nitrogens is 1. The zero-order chi connectivity index (χ0) is 14.8. The summed E-state index contributed by atoms with van der Waals surface area (Å²) in [5, 5.41) is 19.5. The molecule has 1 aliphatic heterocycles. The van der Waals surface area contributed by atoms with Gasteiger partial charge in [0.25, 0.3) is 5.91 Å². The number of piperazine rings is 1. The second-order valence-electron chi connectivity index (χ2n) is 5.77. The molecule has 1 amide bonds. The van der Waals surface area contributed by atoms with Gasteiger partial charge in [-0.05, 0) is 19.9 Å². The van der Waals surface area contributed by atoms with Gasteiger partial charge in [-0.3, -0.25) is 14.7 Å². The summed E-state index contributed by atoms with van der Waals surface area (Å²) in [5.74, 6) is -0.260. The van der Waals surface area contributed by atoms with Gasteiger partial charge in [0.15, 0.2) is 0 Å². The molecule has 2 N–H and O–H groups in total. The highest BCUT2D eigenvalue weighted by Crippen LogP contribution is 2.18. The standard InChI is InChI=1S/C14H21N3O3/c1-14(2,20)10-16-5-7-17(8-6-16)13(19)11-3-4-15-9-12(11)18/h3-4,9,18,20H,5-8,10H2,1-2H3. The van der Waals surface area contributed by atoms with E-state index in [1.165, 1.54) is 18.5 Å². The number of β-amino-alcohol motifs (C(OH)–C–C–N with tert-alkyl or cyclic N) is 1. The minimum atomic E-state index is -0.727. The maximum Gasteiger partial charge on any atom is 0.257 e. The molecule has 0 radical (unpaired) electrons. The van der Waals surface area contributed by atoms with Crippen LogP contribution >= 0.6 is 0 Å². The third-order valence-corrected chi connectivity index (χ3v) is 3.30. The average molecular weight is 279 g/mol. The van der Waals surface area contributed by atoms with E-state index in [-0.39, 0.29) is 17.2 Å². The molecule has 1 aromatic rings. The summed E-state index contributed by atoms with van der Waals surface area (Å²) >= 11 is 0. The fourth-order valence-electron chi connectivity index (χ4n) is 2.39. The molecule has 0 aliphatic carbocycles. The van der Waals surface area contributed by atoms with Gasteiger partial charge in [-0.25, -0.2) is 0 Å². The SMILES string of the molecule is CC(C)(O)CN1CCN(C(=O)c2ccncc2O)CC1. The lowest BCUT2D eigenvalue weighted by atomic mass is 10.1. The molecule has 0 saturated carbocycles. The van der Waals surface area contributed by atoms with Crippen LogP contribution in [0.3, 0.4) is 0 Å². The van der Waals surface area contributed by atoms with Gasteiger partial charge in [-0.1, -0.05) is 0 Å². The molecule has 6 heteroatoms. The molecule has 0 spiro atoms. The Labute approximate surface area is 118 Å². The van der Waals surface area contributed by atoms with E-state index < -0.39 is 5.60 Å². The van der Waals surface area contributed by atoms with E-state index in [1.54, 1.807) is 18.7 Å². The van der Waals surface area contributed by atoms with Crippen molar-refractivity contribution in [3.8, 4) is 5.75 Å². The van der Waals surface area contributed by atoms with Crippen LogP contribution in [0.25, 0.3) is 0 Å². The molecule has 0 aromatic carbocycles. The number of amides is 1. The first-order chi connectivity index (χ1) is 9.37. The lowest BCUT2D eigenvalue weighted by Crippen LogP contribution is -2.52. The van der Waals surface area contributed by atoms with Crippen molar-refractivity contribution in [2.45, 2.75) is 19.4 Å². The highest BCUT2D eigenvalue weighted by Gasteiger charge is 2.26. The van der Waals surface area contributed by atoms with Gasteiger partial charge in [0, 0.05) is 38.9 Å². The van der Waals surface area contributed by atoms with E-state index >= 15 is 0 Å². The number of carbonyl (C=O) groups is 1. The Morgan fingerprint density at radius 1 is 1.35 bits per heavy atom. The van der Waals surface area contributed by atoms with Crippen molar-refractivity contribution in [1.82, 2.24) is 14.8 Å². The second kappa shape index (κ2) is 5.76. The summed E-state index contributed by atoms with van der Waals surface area (Å²) in [6.45, 7) is 6.78. The highest BCUT2D eigenvalue weighted by molar-refractivity contribution is 5.96. The lowest BCUT2D eigenvalue weighted by Gasteiger charge is -2.37. The normalized spacial score (nSPS) is 17.2. The molecular formula is C14H21N3O3. The van der Waals surface area contributed by atoms with Gasteiger partial charge in [0.1, 0.15) is 5.75 Å². The van der Waals surface area contributed by atoms with Crippen LogP contribution in [-0.2, 0) is 0 Å². The van der Waals surface area contributed by atoms with Crippen molar-refractivity contribution in [2.24, 2.45) is 0 Å². The molecular weight excluding hydrogens is 258 g/mol. The van der Waals surface area contributed by atoms with Crippen LogP contribution in [0.1, 0.15) is 24.2 Å². The zero-order valence-electron chi connectivity index (χ0n) is 11.9. The first-order valence-electron chi connectivity index (χ1n) is 6.74. The minimum absolute atomic E-state index is 0.0866. The van der Waals surface area contributed by atoms with Crippen molar-refractivity contribution in [2.75, 3.05) is 32.7 Å². The number of aliphatic hydroxyl groups is 1. The number of pyridine rings is 1. The Morgan fingerprint density at radius 3 is 2.55 bits per heavy atom. The third-order valence-electron chi connectivity index (χ3n) is 3.30. The van der Waals surface area contributed by atoms with Gasteiger partial charge in [0.2, 0.25) is 0 Å². The first kappa shape index (κ1) is 14.7. The summed E-state index contributed by atoms with van der Waals surface area (Å²) in [4.78, 5) is 19.9. The number of nitrogens with zero attached hydrogens (tertiary/aromatic N) is 3. The van der Waals surface area contributed by atoms with Crippen LogP contribution in [0.2, 0.25) is 0 Å². The molecule has 0 bridgehead atoms. The molecule has 0 atom stereocenters. The summed E-state index contributed by atoms with van der Waals surface area (Å²) in [6.07, 6.45) is 2.77. The number of carbonyl (C=O) groups excluding carboxylic acids is 1. The molecule has 2 rings (SSSR count). The highest BCUT2D eigenvalue weighted by atomic mass is 16.3. The van der Waals surface area contributed by atoms with Crippen LogP contribution in [0.4, 0.5) is 0 Å². The van der Waals surface area contributed by atoms with Crippen molar-refractivity contribution in [3.05, 3.63) is 24.0 Å². The topological polar surface area (TPSA) is 76.9 Å². The van der Waals surface area contributed by atoms with E-state index in [2.05, 4.69) is 9.88 Å². The van der Waals surface area contributed by atoms with Gasteiger partial charge in [-0.2, -0.15) is 0 Å². The molecule has 1 aliphatic rings. The Balaban J connectivity index is 1.94. The quantitative estimate of drug-likeness (QED) is 0.833. The third kappa shape index (κ3) is 3.68. The minimum Gasteiger partial charge on any atom is -0.505 e. The number of rotatable bonds is 3. The zero-order valence-corrected chi connectivity index (χ0v) is 11.9. The molecule has 110 valence electrons. The summed E-state index contributed by atoms with van der Waals surface area (Å²) < 4.78 is 0. The Hall–Kier alpha value is -1.66. The van der Waals surface area contributed by atoms with E-state index in [1.807, 2.05) is 0 Å². The van der Waals surface area contributed by atoms with Gasteiger partial charge in [-0.15, -0.1) is 0 Å². The summed E-state index contributed by atoms with van der Waals surface area (Å²) in [7, 11) is 0. The van der Waals surface area contributed by atoms with Gasteiger partial charge >= 0.3 is 0 Å². The van der Waals surface area contributed by atoms with Crippen LogP contribution in [0, 0.1) is 0 Å². The molecule has 1 aromatic heterocycles. The molecule has 6 nitrogen and oxygen atoms in total. The van der Waals surface area contributed by atoms with Gasteiger partial charge < -0.3 is 15.1 Å². The van der Waals surface area contributed by atoms with Crippen LogP contribution < -0.4 is 0 Å². The maximum atomic E-state index is 12.3. The molecule has 0 unspecified atom stereocenters. The second-order valence-corrected chi connectivity index (χ2v) is 5.77. The Bertz CT molecular complexity index is 477. The Morgan fingerprint density at radius 2 is 2.00 bits per heavy atom. The van der Waals surface area contributed by atoms with E-state index in [9.17, 15) is 15.0 Å². The predicted octanol–water partition coefficient (Wildman–Crippen LogP) is 0.316. The van der Waals surface area contributed by atoms with Crippen molar-refractivity contribution in [1.29, 1.82) is 0 Å². The predicted molar refractivity (Wildman–Crippen MR) is 74.5 cm³/mol. The van der Waals surface area contributed by atoms with E-state index in [4.69, 9.17) is 0 Å². The molecule has 1 fully saturated rings. The van der Waals surface area contributed by atoms with Crippen LogP contribution in [0.5, 0.6) is 5.75 Å². The smallest absolute Gasteiger partial charge is 0.257 e. The summed E-state index contributed by atoms with van der Waals surface area (Å²) in [5.41, 5.74) is -0.439. The first-order valence-corrected chi connectivity index (χ1v) is 6.74. The summed E-state index contributed by atoms with van der Waals surface area (Å²) in [6, 6.07) is 1.53. The molecule has 2 heterocycles. The number of aromatic hydroxyl groups is 1. The maximum absolute atomic E-state index is 12.3. The van der Waals surface area contributed by atoms with E-state index in [0.29, 0.717) is 19.6 Å². The van der Waals surface area contributed by atoms with Crippen molar-refractivity contribution in [3.63, 3.8) is 0 Å². The lowest BCUT2D eigenvalue weighted by molar-refractivity contribution is 0.0178. The molecule has 1 saturated heterocycles. The van der Waals surface area contributed by atoms with Gasteiger partial charge in [0.05, 0.1) is 17.4 Å². The van der Waals surface area contributed by atoms with Crippen LogP contribution in [-0.4, -0.2) is 69.2 Å². The fourth-order valence-corrected chi connectivity index (χ4v) is 2.39.